The fourth-order valence-electron chi connectivity index (χ4n) is 2.53. The summed E-state index contributed by atoms with van der Waals surface area (Å²) in [5, 5.41) is 15.2. The normalized spacial score (nSPS) is 10.7. The van der Waals surface area contributed by atoms with E-state index in [1.165, 1.54) is 6.92 Å². The number of carbonyl (C=O) groups excluding carboxylic acids is 2. The van der Waals surface area contributed by atoms with Crippen LogP contribution in [-0.2, 0) is 11.2 Å². The lowest BCUT2D eigenvalue weighted by molar-refractivity contribution is -0.116. The number of hydrogen-bond donors (Lipinski definition) is 1. The maximum Gasteiger partial charge on any atom is 0.231 e. The van der Waals surface area contributed by atoms with E-state index in [0.717, 1.165) is 0 Å². The van der Waals surface area contributed by atoms with Gasteiger partial charge in [0.2, 0.25) is 11.8 Å². The number of ether oxygens (including phenoxy) is 1. The predicted molar refractivity (Wildman–Crippen MR) is 95.3 cm³/mol. The maximum absolute atomic E-state index is 12.1. The van der Waals surface area contributed by atoms with Gasteiger partial charge in [-0.2, -0.15) is 4.52 Å². The van der Waals surface area contributed by atoms with Crippen LogP contribution in [0.3, 0.4) is 0 Å². The smallest absolute Gasteiger partial charge is 0.231 e. The van der Waals surface area contributed by atoms with E-state index in [4.69, 9.17) is 4.74 Å². The molecule has 8 nitrogen and oxygen atoms in total. The second-order valence-corrected chi connectivity index (χ2v) is 5.80. The third-order valence-corrected chi connectivity index (χ3v) is 3.87. The summed E-state index contributed by atoms with van der Waals surface area (Å²) in [7, 11) is 1.55. The first kappa shape index (κ1) is 17.5. The van der Waals surface area contributed by atoms with E-state index in [0.29, 0.717) is 47.9 Å². The third-order valence-electron chi connectivity index (χ3n) is 3.87. The first-order chi connectivity index (χ1) is 12.6. The molecule has 0 aliphatic rings. The van der Waals surface area contributed by atoms with Crippen molar-refractivity contribution in [3.63, 3.8) is 0 Å². The first-order valence-corrected chi connectivity index (χ1v) is 8.23. The Balaban J connectivity index is 1.57. The molecule has 134 valence electrons. The molecule has 0 spiro atoms. The quantitative estimate of drug-likeness (QED) is 0.655. The molecule has 0 unspecified atom stereocenters. The number of amides is 1. The van der Waals surface area contributed by atoms with Gasteiger partial charge < -0.3 is 10.1 Å². The van der Waals surface area contributed by atoms with Crippen LogP contribution in [0.1, 0.15) is 35.9 Å². The average Bonchev–Trinajstić information content (AvgIpc) is 3.04. The van der Waals surface area contributed by atoms with Crippen molar-refractivity contribution in [2.24, 2.45) is 0 Å². The molecule has 1 N–H and O–H groups in total. The molecule has 0 fully saturated rings. The molecular formula is C18H19N5O3. The van der Waals surface area contributed by atoms with Gasteiger partial charge in [0.15, 0.2) is 17.3 Å². The minimum absolute atomic E-state index is 0.0392. The summed E-state index contributed by atoms with van der Waals surface area (Å²) < 4.78 is 6.72. The minimum Gasteiger partial charge on any atom is -0.480 e. The predicted octanol–water partition coefficient (Wildman–Crippen LogP) is 2.30. The van der Waals surface area contributed by atoms with Gasteiger partial charge in [0.25, 0.3) is 0 Å². The highest BCUT2D eigenvalue weighted by molar-refractivity contribution is 5.97. The topological polar surface area (TPSA) is 98.5 Å². The third kappa shape index (κ3) is 4.02. The van der Waals surface area contributed by atoms with Gasteiger partial charge in [-0.1, -0.05) is 12.1 Å². The molecule has 0 aliphatic carbocycles. The number of hydrogen-bond acceptors (Lipinski definition) is 6. The number of carbonyl (C=O) groups is 2. The molecule has 2 aromatic heterocycles. The van der Waals surface area contributed by atoms with Crippen molar-refractivity contribution in [2.75, 3.05) is 12.4 Å². The lowest BCUT2D eigenvalue weighted by Gasteiger charge is -2.06. The zero-order chi connectivity index (χ0) is 18.5. The highest BCUT2D eigenvalue weighted by Gasteiger charge is 2.10. The number of aromatic nitrogens is 4. The number of rotatable bonds is 7. The fraction of sp³-hybridized carbons (Fsp3) is 0.278. The van der Waals surface area contributed by atoms with E-state index >= 15 is 0 Å². The molecule has 1 amide bonds. The number of fused-ring (bicyclic) bond motifs is 1. The molecule has 0 saturated carbocycles. The molecule has 8 heteroatoms. The Hall–Kier alpha value is -3.29. The zero-order valence-corrected chi connectivity index (χ0v) is 14.6. The Morgan fingerprint density at radius 1 is 1.19 bits per heavy atom. The van der Waals surface area contributed by atoms with E-state index in [2.05, 4.69) is 20.6 Å². The molecule has 26 heavy (non-hydrogen) atoms. The highest BCUT2D eigenvalue weighted by Crippen LogP contribution is 2.13. The van der Waals surface area contributed by atoms with Crippen molar-refractivity contribution in [3.05, 3.63) is 47.8 Å². The number of methoxy groups -OCH3 is 1. The summed E-state index contributed by atoms with van der Waals surface area (Å²) in [5.41, 5.74) is 1.81. The van der Waals surface area contributed by atoms with Gasteiger partial charge in [0, 0.05) is 30.2 Å². The number of nitrogens with one attached hydrogen (secondary N) is 1. The minimum atomic E-state index is -0.120. The van der Waals surface area contributed by atoms with Gasteiger partial charge in [-0.3, -0.25) is 9.59 Å². The van der Waals surface area contributed by atoms with Crippen LogP contribution in [0.4, 0.5) is 5.69 Å². The van der Waals surface area contributed by atoms with E-state index in [1.54, 1.807) is 48.0 Å². The van der Waals surface area contributed by atoms with Crippen LogP contribution in [0.2, 0.25) is 0 Å². The molecule has 0 aliphatic heterocycles. The number of ketones is 1. The molecule has 0 saturated heterocycles. The van der Waals surface area contributed by atoms with Gasteiger partial charge in [-0.05, 0) is 31.5 Å². The van der Waals surface area contributed by atoms with Crippen LogP contribution in [0.25, 0.3) is 5.65 Å². The maximum atomic E-state index is 12.1. The molecule has 2 heterocycles. The summed E-state index contributed by atoms with van der Waals surface area (Å²) in [5.74, 6) is 0.986. The van der Waals surface area contributed by atoms with Gasteiger partial charge >= 0.3 is 0 Å². The zero-order valence-electron chi connectivity index (χ0n) is 14.6. The summed E-state index contributed by atoms with van der Waals surface area (Å²) in [6, 6.07) is 10.4. The second kappa shape index (κ2) is 7.73. The van der Waals surface area contributed by atoms with Crippen LogP contribution in [0.15, 0.2) is 36.4 Å². The van der Waals surface area contributed by atoms with Gasteiger partial charge in [-0.15, -0.1) is 15.3 Å². The van der Waals surface area contributed by atoms with Crippen LogP contribution in [0, 0.1) is 0 Å². The first-order valence-electron chi connectivity index (χ1n) is 8.23. The fourth-order valence-corrected chi connectivity index (χ4v) is 2.53. The number of aryl methyl sites for hydroxylation is 1. The highest BCUT2D eigenvalue weighted by atomic mass is 16.5. The monoisotopic (exact) mass is 353 g/mol. The summed E-state index contributed by atoms with van der Waals surface area (Å²) in [6.07, 6.45) is 1.48. The van der Waals surface area contributed by atoms with Crippen molar-refractivity contribution in [2.45, 2.75) is 26.2 Å². The average molecular weight is 353 g/mol. The van der Waals surface area contributed by atoms with E-state index in [9.17, 15) is 9.59 Å². The molecule has 0 bridgehead atoms. The summed E-state index contributed by atoms with van der Waals surface area (Å²) >= 11 is 0. The van der Waals surface area contributed by atoms with E-state index in [-0.39, 0.29) is 11.7 Å². The molecule has 1 aromatic carbocycles. The van der Waals surface area contributed by atoms with Crippen LogP contribution in [-0.4, -0.2) is 38.6 Å². The van der Waals surface area contributed by atoms with Gasteiger partial charge in [0.05, 0.1) is 7.11 Å². The van der Waals surface area contributed by atoms with Crippen molar-refractivity contribution < 1.29 is 14.3 Å². The molecule has 3 rings (SSSR count). The van der Waals surface area contributed by atoms with Gasteiger partial charge in [0.1, 0.15) is 0 Å². The Bertz CT molecular complexity index is 951. The van der Waals surface area contributed by atoms with Crippen LogP contribution >= 0.6 is 0 Å². The van der Waals surface area contributed by atoms with Crippen LogP contribution < -0.4 is 10.1 Å². The lowest BCUT2D eigenvalue weighted by Crippen LogP contribution is -2.12. The molecule has 0 atom stereocenters. The number of nitrogens with zero attached hydrogens (tertiary/aromatic N) is 4. The SMILES string of the molecule is COc1ccc2nnc(CCCC(=O)Nc3cccc(C(C)=O)c3)n2n1. The van der Waals surface area contributed by atoms with Crippen molar-refractivity contribution in [1.82, 2.24) is 19.8 Å². The van der Waals surface area contributed by atoms with Crippen LogP contribution in [0.5, 0.6) is 5.88 Å². The van der Waals surface area contributed by atoms with Crippen molar-refractivity contribution in [3.8, 4) is 5.88 Å². The Kier molecular flexibility index (Phi) is 5.21. The standard InChI is InChI=1S/C18H19N5O3/c1-12(24)13-5-3-6-14(11-13)19-17(25)8-4-7-15-20-21-16-9-10-18(26-2)22-23(15)16/h3,5-6,9-11H,4,7-8H2,1-2H3,(H,19,25). The summed E-state index contributed by atoms with van der Waals surface area (Å²) in [4.78, 5) is 23.5. The van der Waals surface area contributed by atoms with Gasteiger partial charge in [-0.25, -0.2) is 0 Å². The molecular weight excluding hydrogens is 334 g/mol. The molecule has 3 aromatic rings. The largest absolute Gasteiger partial charge is 0.480 e. The Morgan fingerprint density at radius 2 is 2.04 bits per heavy atom. The Labute approximate surface area is 150 Å². The van der Waals surface area contributed by atoms with E-state index in [1.807, 2.05) is 0 Å². The molecule has 0 radical (unpaired) electrons. The second-order valence-electron chi connectivity index (χ2n) is 5.80. The van der Waals surface area contributed by atoms with Crippen molar-refractivity contribution >= 4 is 23.0 Å². The lowest BCUT2D eigenvalue weighted by atomic mass is 10.1. The van der Waals surface area contributed by atoms with E-state index < -0.39 is 0 Å². The van der Waals surface area contributed by atoms with Crippen molar-refractivity contribution in [1.29, 1.82) is 0 Å². The summed E-state index contributed by atoms with van der Waals surface area (Å²) in [6.45, 7) is 1.49. The number of anilines is 1. The number of Topliss-reactive ketones (excluding diaryl/α,β-unsaturated/α-hetero) is 1. The Morgan fingerprint density at radius 3 is 2.81 bits per heavy atom. The number of benzene rings is 1.